The van der Waals surface area contributed by atoms with Crippen molar-refractivity contribution in [2.24, 2.45) is 0 Å². The molecule has 2 aromatic rings. The van der Waals surface area contributed by atoms with E-state index in [1.165, 1.54) is 30.5 Å². The normalized spacial score (nSPS) is 11.0. The summed E-state index contributed by atoms with van der Waals surface area (Å²) < 4.78 is 28.0. The van der Waals surface area contributed by atoms with E-state index < -0.39 is 15.7 Å². The Morgan fingerprint density at radius 2 is 1.91 bits per heavy atom. The number of hydrogen-bond donors (Lipinski definition) is 1. The summed E-state index contributed by atoms with van der Waals surface area (Å²) >= 11 is 0. The summed E-state index contributed by atoms with van der Waals surface area (Å²) in [6, 6.07) is 7.19. The molecular formula is C14H15N3O4S. The summed E-state index contributed by atoms with van der Waals surface area (Å²) in [5, 5.41) is 2.52. The van der Waals surface area contributed by atoms with Crippen molar-refractivity contribution in [1.82, 2.24) is 9.97 Å². The lowest BCUT2D eigenvalue weighted by Crippen LogP contribution is -2.14. The molecule has 116 valence electrons. The highest BCUT2D eigenvalue weighted by Crippen LogP contribution is 2.13. The van der Waals surface area contributed by atoms with Gasteiger partial charge >= 0.3 is 0 Å². The van der Waals surface area contributed by atoms with Crippen molar-refractivity contribution in [3.8, 4) is 5.88 Å². The molecule has 8 heteroatoms. The molecule has 1 N–H and O–H groups in total. The molecule has 0 bridgehead atoms. The van der Waals surface area contributed by atoms with E-state index in [0.717, 1.165) is 6.26 Å². The smallest absolute Gasteiger partial charge is 0.258 e. The molecule has 0 spiro atoms. The van der Waals surface area contributed by atoms with Gasteiger partial charge in [0.25, 0.3) is 5.91 Å². The van der Waals surface area contributed by atoms with Gasteiger partial charge in [0.1, 0.15) is 0 Å². The summed E-state index contributed by atoms with van der Waals surface area (Å²) in [7, 11) is -3.29. The Morgan fingerprint density at radius 3 is 2.50 bits per heavy atom. The van der Waals surface area contributed by atoms with E-state index in [-0.39, 0.29) is 10.8 Å². The van der Waals surface area contributed by atoms with E-state index in [0.29, 0.717) is 18.1 Å². The van der Waals surface area contributed by atoms with Crippen molar-refractivity contribution >= 4 is 21.7 Å². The van der Waals surface area contributed by atoms with E-state index in [1.54, 1.807) is 6.07 Å². The predicted octanol–water partition coefficient (Wildman–Crippen LogP) is 1.53. The Bertz CT molecular complexity index is 773. The second-order valence-electron chi connectivity index (χ2n) is 4.40. The van der Waals surface area contributed by atoms with Crippen LogP contribution in [0, 0.1) is 0 Å². The van der Waals surface area contributed by atoms with Crippen LogP contribution < -0.4 is 10.1 Å². The molecule has 0 aliphatic carbocycles. The molecule has 0 saturated heterocycles. The van der Waals surface area contributed by atoms with Gasteiger partial charge in [0.05, 0.1) is 11.5 Å². The Labute approximate surface area is 128 Å². The fraction of sp³-hybridized carbons (Fsp3) is 0.214. The summed E-state index contributed by atoms with van der Waals surface area (Å²) in [5.41, 5.74) is 0.304. The number of nitrogens with one attached hydrogen (secondary N) is 1. The Kier molecular flexibility index (Phi) is 4.71. The minimum absolute atomic E-state index is 0.114. The molecule has 0 unspecified atom stereocenters. The zero-order chi connectivity index (χ0) is 16.2. The van der Waals surface area contributed by atoms with E-state index in [4.69, 9.17) is 4.74 Å². The standard InChI is InChI=1S/C14H15N3O4S/c1-3-21-12-8-9-15-14(16-12)17-13(18)10-4-6-11(7-5-10)22(2,19)20/h4-9H,3H2,1-2H3,(H,15,16,17,18). The van der Waals surface area contributed by atoms with Crippen molar-refractivity contribution in [3.05, 3.63) is 42.1 Å². The van der Waals surface area contributed by atoms with Gasteiger partial charge in [-0.05, 0) is 31.2 Å². The molecule has 0 aliphatic heterocycles. The van der Waals surface area contributed by atoms with Gasteiger partial charge in [-0.25, -0.2) is 13.4 Å². The number of ether oxygens (including phenoxy) is 1. The largest absolute Gasteiger partial charge is 0.478 e. The van der Waals surface area contributed by atoms with Crippen molar-refractivity contribution < 1.29 is 17.9 Å². The third kappa shape index (κ3) is 4.01. The number of carbonyl (C=O) groups excluding carboxylic acids is 1. The number of amides is 1. The highest BCUT2D eigenvalue weighted by Gasteiger charge is 2.11. The molecule has 0 radical (unpaired) electrons. The number of benzene rings is 1. The van der Waals surface area contributed by atoms with E-state index in [1.807, 2.05) is 6.92 Å². The molecule has 2 rings (SSSR count). The van der Waals surface area contributed by atoms with E-state index >= 15 is 0 Å². The SMILES string of the molecule is CCOc1ccnc(NC(=O)c2ccc(S(C)(=O)=O)cc2)n1. The van der Waals surface area contributed by atoms with Crippen molar-refractivity contribution in [2.45, 2.75) is 11.8 Å². The number of hydrogen-bond acceptors (Lipinski definition) is 6. The molecule has 1 aromatic carbocycles. The summed E-state index contributed by atoms with van der Waals surface area (Å²) in [5.74, 6) is 0.0389. The maximum absolute atomic E-state index is 12.1. The second-order valence-corrected chi connectivity index (χ2v) is 6.42. The van der Waals surface area contributed by atoms with Crippen LogP contribution in [0.4, 0.5) is 5.95 Å². The van der Waals surface area contributed by atoms with Gasteiger partial charge in [-0.1, -0.05) is 0 Å². The first kappa shape index (κ1) is 15.9. The average Bonchev–Trinajstić information content (AvgIpc) is 2.47. The van der Waals surface area contributed by atoms with Gasteiger partial charge in [-0.15, -0.1) is 0 Å². The van der Waals surface area contributed by atoms with Gasteiger partial charge in [-0.2, -0.15) is 4.98 Å². The first-order valence-corrected chi connectivity index (χ1v) is 8.36. The molecular weight excluding hydrogens is 306 g/mol. The van der Waals surface area contributed by atoms with E-state index in [9.17, 15) is 13.2 Å². The molecule has 22 heavy (non-hydrogen) atoms. The van der Waals surface area contributed by atoms with Crippen molar-refractivity contribution in [2.75, 3.05) is 18.2 Å². The summed E-state index contributed by atoms with van der Waals surface area (Å²) in [6.45, 7) is 2.28. The number of nitrogens with zero attached hydrogens (tertiary/aromatic N) is 2. The van der Waals surface area contributed by atoms with Gasteiger partial charge in [0.15, 0.2) is 9.84 Å². The van der Waals surface area contributed by atoms with Crippen molar-refractivity contribution in [3.63, 3.8) is 0 Å². The molecule has 0 atom stereocenters. The van der Waals surface area contributed by atoms with Gasteiger partial charge in [0.2, 0.25) is 11.8 Å². The Hall–Kier alpha value is -2.48. The molecule has 7 nitrogen and oxygen atoms in total. The quantitative estimate of drug-likeness (QED) is 0.897. The Morgan fingerprint density at radius 1 is 1.23 bits per heavy atom. The Balaban J connectivity index is 2.14. The number of carbonyl (C=O) groups is 1. The van der Waals surface area contributed by atoms with Crippen LogP contribution in [-0.2, 0) is 9.84 Å². The van der Waals surface area contributed by atoms with Gasteiger partial charge < -0.3 is 4.74 Å². The fourth-order valence-corrected chi connectivity index (χ4v) is 2.29. The second kappa shape index (κ2) is 6.52. The van der Waals surface area contributed by atoms with Gasteiger partial charge in [-0.3, -0.25) is 10.1 Å². The zero-order valence-corrected chi connectivity index (χ0v) is 12.9. The molecule has 0 saturated carbocycles. The zero-order valence-electron chi connectivity index (χ0n) is 12.1. The van der Waals surface area contributed by atoms with Crippen LogP contribution in [0.5, 0.6) is 5.88 Å². The number of sulfone groups is 1. The first-order chi connectivity index (χ1) is 10.4. The monoisotopic (exact) mass is 321 g/mol. The van der Waals surface area contributed by atoms with Crippen molar-refractivity contribution in [1.29, 1.82) is 0 Å². The summed E-state index contributed by atoms with van der Waals surface area (Å²) in [6.07, 6.45) is 2.58. The van der Waals surface area contributed by atoms with Crippen LogP contribution in [0.3, 0.4) is 0 Å². The molecule has 1 amide bonds. The van der Waals surface area contributed by atoms with E-state index in [2.05, 4.69) is 15.3 Å². The van der Waals surface area contributed by atoms with Gasteiger partial charge in [0, 0.05) is 24.1 Å². The van der Waals surface area contributed by atoms with Crippen LogP contribution in [0.15, 0.2) is 41.4 Å². The lowest BCUT2D eigenvalue weighted by atomic mass is 10.2. The van der Waals surface area contributed by atoms with Crippen LogP contribution >= 0.6 is 0 Å². The maximum Gasteiger partial charge on any atom is 0.258 e. The topological polar surface area (TPSA) is 98.2 Å². The minimum atomic E-state index is -3.29. The third-order valence-electron chi connectivity index (χ3n) is 2.69. The predicted molar refractivity (Wildman–Crippen MR) is 80.7 cm³/mol. The lowest BCUT2D eigenvalue weighted by molar-refractivity contribution is 0.102. The maximum atomic E-state index is 12.1. The molecule has 1 aromatic heterocycles. The number of aromatic nitrogens is 2. The molecule has 0 fully saturated rings. The molecule has 1 heterocycles. The van der Waals surface area contributed by atoms with Crippen LogP contribution in [0.25, 0.3) is 0 Å². The minimum Gasteiger partial charge on any atom is -0.478 e. The highest BCUT2D eigenvalue weighted by molar-refractivity contribution is 7.90. The van der Waals surface area contributed by atoms with Crippen LogP contribution in [-0.4, -0.2) is 37.2 Å². The number of anilines is 1. The molecule has 0 aliphatic rings. The lowest BCUT2D eigenvalue weighted by Gasteiger charge is -2.06. The van der Waals surface area contributed by atoms with Crippen LogP contribution in [0.2, 0.25) is 0 Å². The number of rotatable bonds is 5. The fourth-order valence-electron chi connectivity index (χ4n) is 1.66. The highest BCUT2D eigenvalue weighted by atomic mass is 32.2. The third-order valence-corrected chi connectivity index (χ3v) is 3.82. The van der Waals surface area contributed by atoms with Crippen LogP contribution in [0.1, 0.15) is 17.3 Å². The average molecular weight is 321 g/mol. The first-order valence-electron chi connectivity index (χ1n) is 6.47. The summed E-state index contributed by atoms with van der Waals surface area (Å²) in [4.78, 5) is 20.2.